The third-order valence-corrected chi connectivity index (χ3v) is 6.91. The second kappa shape index (κ2) is 9.07. The molecule has 0 atom stereocenters. The molecular weight excluding hydrogens is 456 g/mol. The third kappa shape index (κ3) is 3.77. The van der Waals surface area contributed by atoms with Crippen LogP contribution in [0.2, 0.25) is 0 Å². The van der Waals surface area contributed by atoms with Gasteiger partial charge in [-0.15, -0.1) is 0 Å². The first-order valence-electron chi connectivity index (χ1n) is 12.0. The third-order valence-electron chi connectivity index (χ3n) is 6.91. The van der Waals surface area contributed by atoms with Crippen molar-refractivity contribution >= 4 is 16.7 Å². The summed E-state index contributed by atoms with van der Waals surface area (Å²) in [7, 11) is 3.29. The van der Waals surface area contributed by atoms with Gasteiger partial charge in [0.25, 0.3) is 0 Å². The molecule has 7 nitrogen and oxygen atoms in total. The number of benzene rings is 3. The Morgan fingerprint density at radius 1 is 1.00 bits per heavy atom. The molecule has 0 aliphatic carbocycles. The van der Waals surface area contributed by atoms with E-state index in [2.05, 4.69) is 28.2 Å². The Hall–Kier alpha value is -4.26. The maximum atomic E-state index is 12.9. The standard InChI is InChI=1S/C29H26N2O5/c1-33-24-9-8-20-22(15-30-27(32)12-18-6-4-3-5-7-18)28-21-14-26-25(35-17-36-26)13-19(21)10-11-31(28)16-23(20)29(24)34-2/h3-9,13-14,16H,10-12,15,17H2,1-2H3/p+1. The Balaban J connectivity index is 1.48. The van der Waals surface area contributed by atoms with Crippen LogP contribution in [0.25, 0.3) is 22.0 Å². The molecule has 2 aliphatic heterocycles. The number of aromatic nitrogens is 1. The van der Waals surface area contributed by atoms with Crippen molar-refractivity contribution in [3.63, 3.8) is 0 Å². The van der Waals surface area contributed by atoms with Crippen LogP contribution in [0.1, 0.15) is 16.7 Å². The van der Waals surface area contributed by atoms with Gasteiger partial charge in [0.05, 0.1) is 37.2 Å². The number of ether oxygens (including phenoxy) is 4. The summed E-state index contributed by atoms with van der Waals surface area (Å²) in [5.41, 5.74) is 5.36. The quantitative estimate of drug-likeness (QED) is 0.421. The number of hydrogen-bond acceptors (Lipinski definition) is 5. The van der Waals surface area contributed by atoms with Crippen LogP contribution < -0.4 is 28.8 Å². The maximum absolute atomic E-state index is 12.9. The van der Waals surface area contributed by atoms with Crippen molar-refractivity contribution in [1.82, 2.24) is 5.32 Å². The first-order valence-corrected chi connectivity index (χ1v) is 12.0. The van der Waals surface area contributed by atoms with Gasteiger partial charge in [0.15, 0.2) is 35.7 Å². The molecule has 7 heteroatoms. The summed E-state index contributed by atoms with van der Waals surface area (Å²) in [5.74, 6) is 2.85. The van der Waals surface area contributed by atoms with Gasteiger partial charge in [0, 0.05) is 18.4 Å². The molecule has 3 heterocycles. The maximum Gasteiger partial charge on any atom is 0.231 e. The second-order valence-electron chi connectivity index (χ2n) is 8.96. The number of rotatable bonds is 6. The molecule has 0 fully saturated rings. The van der Waals surface area contributed by atoms with Crippen LogP contribution in [0.3, 0.4) is 0 Å². The molecule has 1 N–H and O–H groups in total. The minimum Gasteiger partial charge on any atom is -0.493 e. The van der Waals surface area contributed by atoms with E-state index in [-0.39, 0.29) is 12.7 Å². The zero-order valence-corrected chi connectivity index (χ0v) is 20.3. The molecule has 1 amide bonds. The normalized spacial score (nSPS) is 13.2. The molecule has 1 aromatic heterocycles. The predicted octanol–water partition coefficient (Wildman–Crippen LogP) is 3.96. The summed E-state index contributed by atoms with van der Waals surface area (Å²) in [6.07, 6.45) is 3.31. The van der Waals surface area contributed by atoms with Crippen LogP contribution in [0.5, 0.6) is 23.0 Å². The fourth-order valence-electron chi connectivity index (χ4n) is 5.22. The molecule has 36 heavy (non-hydrogen) atoms. The van der Waals surface area contributed by atoms with E-state index in [4.69, 9.17) is 18.9 Å². The van der Waals surface area contributed by atoms with Crippen molar-refractivity contribution in [3.05, 3.63) is 77.5 Å². The van der Waals surface area contributed by atoms with Crippen molar-refractivity contribution in [2.75, 3.05) is 21.0 Å². The van der Waals surface area contributed by atoms with Crippen LogP contribution in [-0.2, 0) is 30.7 Å². The van der Waals surface area contributed by atoms with Gasteiger partial charge in [-0.25, -0.2) is 0 Å². The first kappa shape index (κ1) is 22.2. The van der Waals surface area contributed by atoms with Gasteiger partial charge in [-0.2, -0.15) is 4.57 Å². The fraction of sp³-hybridized carbons (Fsp3) is 0.241. The van der Waals surface area contributed by atoms with Crippen molar-refractivity contribution in [2.24, 2.45) is 0 Å². The van der Waals surface area contributed by atoms with Crippen LogP contribution in [0.15, 0.2) is 60.8 Å². The van der Waals surface area contributed by atoms with E-state index in [1.807, 2.05) is 42.5 Å². The Kier molecular flexibility index (Phi) is 5.60. The minimum absolute atomic E-state index is 0.0286. The number of hydrogen-bond donors (Lipinski definition) is 1. The average Bonchev–Trinajstić information content (AvgIpc) is 3.37. The smallest absolute Gasteiger partial charge is 0.231 e. The number of carbonyl (C=O) groups is 1. The highest BCUT2D eigenvalue weighted by atomic mass is 16.7. The zero-order valence-electron chi connectivity index (χ0n) is 20.3. The van der Waals surface area contributed by atoms with Crippen LogP contribution in [0.4, 0.5) is 0 Å². The molecule has 0 saturated heterocycles. The van der Waals surface area contributed by atoms with Gasteiger partial charge >= 0.3 is 0 Å². The van der Waals surface area contributed by atoms with E-state index >= 15 is 0 Å². The molecule has 182 valence electrons. The molecule has 4 aromatic rings. The second-order valence-corrected chi connectivity index (χ2v) is 8.96. The molecule has 0 spiro atoms. The van der Waals surface area contributed by atoms with E-state index in [0.717, 1.165) is 57.6 Å². The highest BCUT2D eigenvalue weighted by Gasteiger charge is 2.32. The first-order chi connectivity index (χ1) is 17.7. The molecule has 6 rings (SSSR count). The Morgan fingerprint density at radius 3 is 2.58 bits per heavy atom. The Bertz CT molecular complexity index is 1480. The number of fused-ring (bicyclic) bond motifs is 5. The molecular formula is C29H27N2O5+. The van der Waals surface area contributed by atoms with Crippen molar-refractivity contribution in [1.29, 1.82) is 0 Å². The van der Waals surface area contributed by atoms with E-state index in [1.165, 1.54) is 5.56 Å². The topological polar surface area (TPSA) is 69.9 Å². The molecule has 0 bridgehead atoms. The number of carbonyl (C=O) groups excluding carboxylic acids is 1. The zero-order chi connectivity index (χ0) is 24.6. The molecule has 2 aliphatic rings. The fourth-order valence-corrected chi connectivity index (χ4v) is 5.22. The number of pyridine rings is 1. The molecule has 0 unspecified atom stereocenters. The van der Waals surface area contributed by atoms with E-state index in [0.29, 0.717) is 24.5 Å². The lowest BCUT2D eigenvalue weighted by molar-refractivity contribution is -0.686. The molecule has 3 aromatic carbocycles. The number of methoxy groups -OCH3 is 2. The van der Waals surface area contributed by atoms with Gasteiger partial charge in [-0.3, -0.25) is 4.79 Å². The highest BCUT2D eigenvalue weighted by Crippen LogP contribution is 2.43. The predicted molar refractivity (Wildman–Crippen MR) is 135 cm³/mol. The summed E-state index contributed by atoms with van der Waals surface area (Å²) in [6.45, 7) is 1.40. The van der Waals surface area contributed by atoms with E-state index < -0.39 is 0 Å². The van der Waals surface area contributed by atoms with Gasteiger partial charge in [-0.05, 0) is 35.4 Å². The number of nitrogens with one attached hydrogen (secondary N) is 1. The van der Waals surface area contributed by atoms with Crippen LogP contribution in [-0.4, -0.2) is 26.9 Å². The summed E-state index contributed by atoms with van der Waals surface area (Å²) in [5, 5.41) is 5.10. The average molecular weight is 484 g/mol. The van der Waals surface area contributed by atoms with Gasteiger partial charge < -0.3 is 24.3 Å². The lowest BCUT2D eigenvalue weighted by Gasteiger charge is -2.21. The summed E-state index contributed by atoms with van der Waals surface area (Å²) in [6, 6.07) is 17.9. The lowest BCUT2D eigenvalue weighted by atomic mass is 9.91. The minimum atomic E-state index is -0.0286. The molecule has 0 saturated carbocycles. The number of aryl methyl sites for hydroxylation is 2. The SMILES string of the molecule is COc1ccc2c(CNC(=O)Cc3ccccc3)c3[n+](cc2c1OC)CCc1cc2c(cc1-3)OCO2. The van der Waals surface area contributed by atoms with Crippen molar-refractivity contribution in [3.8, 4) is 34.3 Å². The van der Waals surface area contributed by atoms with Gasteiger partial charge in [0.2, 0.25) is 18.4 Å². The highest BCUT2D eigenvalue weighted by molar-refractivity contribution is 5.95. The van der Waals surface area contributed by atoms with Crippen molar-refractivity contribution in [2.45, 2.75) is 25.9 Å². The molecule has 0 radical (unpaired) electrons. The summed E-state index contributed by atoms with van der Waals surface area (Å²) in [4.78, 5) is 12.9. The van der Waals surface area contributed by atoms with Crippen LogP contribution in [0, 0.1) is 0 Å². The summed E-state index contributed by atoms with van der Waals surface area (Å²) >= 11 is 0. The van der Waals surface area contributed by atoms with E-state index in [1.54, 1.807) is 14.2 Å². The summed E-state index contributed by atoms with van der Waals surface area (Å²) < 4.78 is 24.9. The number of nitrogens with zero attached hydrogens (tertiary/aromatic N) is 1. The van der Waals surface area contributed by atoms with Crippen molar-refractivity contribution < 1.29 is 28.3 Å². The lowest BCUT2D eigenvalue weighted by Crippen LogP contribution is -2.42. The monoisotopic (exact) mass is 483 g/mol. The Morgan fingerprint density at radius 2 is 1.81 bits per heavy atom. The van der Waals surface area contributed by atoms with Crippen LogP contribution >= 0.6 is 0 Å². The number of amides is 1. The Labute approximate surface area is 209 Å². The van der Waals surface area contributed by atoms with Gasteiger partial charge in [0.1, 0.15) is 0 Å². The largest absolute Gasteiger partial charge is 0.493 e. The van der Waals surface area contributed by atoms with E-state index in [9.17, 15) is 4.79 Å². The van der Waals surface area contributed by atoms with Gasteiger partial charge in [-0.1, -0.05) is 30.3 Å².